The average molecular weight is 238 g/mol. The van der Waals surface area contributed by atoms with Crippen molar-refractivity contribution in [3.8, 4) is 0 Å². The molecule has 0 aliphatic carbocycles. The molecule has 0 aliphatic heterocycles. The van der Waals surface area contributed by atoms with Crippen LogP contribution in [0, 0.1) is 5.92 Å². The van der Waals surface area contributed by atoms with Gasteiger partial charge in [0.25, 0.3) is 5.91 Å². The molecule has 94 valence electrons. The summed E-state index contributed by atoms with van der Waals surface area (Å²) in [7, 11) is 0. The molecule has 0 aliphatic rings. The first-order valence-corrected chi connectivity index (χ1v) is 5.64. The van der Waals surface area contributed by atoms with Crippen molar-refractivity contribution in [1.82, 2.24) is 10.3 Å². The third kappa shape index (κ3) is 4.82. The molecule has 1 heterocycles. The number of aliphatic hydroxyl groups is 1. The second-order valence-corrected chi connectivity index (χ2v) is 4.43. The minimum Gasteiger partial charge on any atom is -0.391 e. The van der Waals surface area contributed by atoms with Crippen molar-refractivity contribution in [2.24, 2.45) is 5.92 Å². The van der Waals surface area contributed by atoms with Gasteiger partial charge in [-0.3, -0.25) is 9.59 Å². The topological polar surface area (TPSA) is 82.2 Å². The predicted octanol–water partition coefficient (Wildman–Crippen LogP) is 0.512. The smallest absolute Gasteiger partial charge is 0.252 e. The van der Waals surface area contributed by atoms with Crippen LogP contribution < -0.4 is 10.9 Å². The van der Waals surface area contributed by atoms with Crippen LogP contribution in [-0.2, 0) is 0 Å². The van der Waals surface area contributed by atoms with Gasteiger partial charge < -0.3 is 15.4 Å². The maximum Gasteiger partial charge on any atom is 0.252 e. The highest BCUT2D eigenvalue weighted by atomic mass is 16.3. The molecule has 1 unspecified atom stereocenters. The molecule has 5 nitrogen and oxygen atoms in total. The number of nitrogens with one attached hydrogen (secondary N) is 2. The zero-order valence-corrected chi connectivity index (χ0v) is 10.1. The lowest BCUT2D eigenvalue weighted by atomic mass is 10.1. The maximum absolute atomic E-state index is 11.6. The lowest BCUT2D eigenvalue weighted by Gasteiger charge is -2.13. The van der Waals surface area contributed by atoms with Crippen molar-refractivity contribution in [3.63, 3.8) is 0 Å². The largest absolute Gasteiger partial charge is 0.391 e. The molecule has 5 heteroatoms. The van der Waals surface area contributed by atoms with E-state index >= 15 is 0 Å². The zero-order valence-electron chi connectivity index (χ0n) is 10.1. The van der Waals surface area contributed by atoms with E-state index in [0.29, 0.717) is 17.9 Å². The lowest BCUT2D eigenvalue weighted by molar-refractivity contribution is 0.0900. The quantitative estimate of drug-likeness (QED) is 0.699. The molecule has 17 heavy (non-hydrogen) atoms. The minimum atomic E-state index is -0.540. The summed E-state index contributed by atoms with van der Waals surface area (Å²) < 4.78 is 0. The first-order chi connectivity index (χ1) is 7.99. The van der Waals surface area contributed by atoms with Gasteiger partial charge >= 0.3 is 0 Å². The minimum absolute atomic E-state index is 0.218. The van der Waals surface area contributed by atoms with E-state index < -0.39 is 6.10 Å². The number of aromatic amines is 1. The molecule has 1 atom stereocenters. The Balaban J connectivity index is 2.44. The van der Waals surface area contributed by atoms with Crippen molar-refractivity contribution in [1.29, 1.82) is 0 Å². The highest BCUT2D eigenvalue weighted by Gasteiger charge is 2.10. The van der Waals surface area contributed by atoms with E-state index in [1.807, 2.05) is 13.8 Å². The van der Waals surface area contributed by atoms with E-state index in [9.17, 15) is 14.7 Å². The van der Waals surface area contributed by atoms with Crippen LogP contribution in [0.2, 0.25) is 0 Å². The molecule has 0 radical (unpaired) electrons. The number of rotatable bonds is 5. The summed E-state index contributed by atoms with van der Waals surface area (Å²) in [5, 5.41) is 12.2. The number of H-pyrrole nitrogens is 1. The molecular weight excluding hydrogens is 220 g/mol. The fourth-order valence-electron chi connectivity index (χ4n) is 1.49. The Morgan fingerprint density at radius 1 is 1.47 bits per heavy atom. The van der Waals surface area contributed by atoms with Crippen molar-refractivity contribution in [3.05, 3.63) is 34.2 Å². The average Bonchev–Trinajstić information content (AvgIpc) is 2.26. The fraction of sp³-hybridized carbons (Fsp3) is 0.500. The highest BCUT2D eigenvalue weighted by Crippen LogP contribution is 2.03. The Hall–Kier alpha value is -1.62. The molecule has 1 amide bonds. The number of amides is 1. The molecule has 0 bridgehead atoms. The van der Waals surface area contributed by atoms with Crippen molar-refractivity contribution < 1.29 is 9.90 Å². The van der Waals surface area contributed by atoms with Gasteiger partial charge in [-0.1, -0.05) is 13.8 Å². The maximum atomic E-state index is 11.6. The molecule has 1 aromatic rings. The normalized spacial score (nSPS) is 12.5. The number of aromatic nitrogens is 1. The Kier molecular flexibility index (Phi) is 4.90. The molecule has 0 saturated carbocycles. The first-order valence-electron chi connectivity index (χ1n) is 5.64. The third-order valence-electron chi connectivity index (χ3n) is 2.29. The van der Waals surface area contributed by atoms with E-state index in [-0.39, 0.29) is 18.0 Å². The standard InChI is InChI=1S/C12H18N2O3/c1-8(2)5-10(15)7-14-12(17)9-3-4-11(16)13-6-9/h3-4,6,8,10,15H,5,7H2,1-2H3,(H,13,16)(H,14,17). The molecule has 1 aromatic heterocycles. The molecule has 0 saturated heterocycles. The molecule has 0 aromatic carbocycles. The summed E-state index contributed by atoms with van der Waals surface area (Å²) in [6.45, 7) is 4.23. The summed E-state index contributed by atoms with van der Waals surface area (Å²) in [6.07, 6.45) is 1.46. The number of hydrogen-bond donors (Lipinski definition) is 3. The van der Waals surface area contributed by atoms with Gasteiger partial charge in [0.2, 0.25) is 5.56 Å². The van der Waals surface area contributed by atoms with E-state index in [1.165, 1.54) is 18.3 Å². The van der Waals surface area contributed by atoms with Gasteiger partial charge in [-0.25, -0.2) is 0 Å². The van der Waals surface area contributed by atoms with Gasteiger partial charge in [0, 0.05) is 18.8 Å². The van der Waals surface area contributed by atoms with Crippen LogP contribution in [-0.4, -0.2) is 28.6 Å². The summed E-state index contributed by atoms with van der Waals surface area (Å²) in [5.41, 5.74) is 0.128. The summed E-state index contributed by atoms with van der Waals surface area (Å²) in [5.74, 6) is 0.0824. The van der Waals surface area contributed by atoms with E-state index in [1.54, 1.807) is 0 Å². The van der Waals surface area contributed by atoms with E-state index in [4.69, 9.17) is 0 Å². The van der Waals surface area contributed by atoms with Gasteiger partial charge in [0.15, 0.2) is 0 Å². The van der Waals surface area contributed by atoms with Crippen LogP contribution >= 0.6 is 0 Å². The van der Waals surface area contributed by atoms with Crippen LogP contribution in [0.25, 0.3) is 0 Å². The van der Waals surface area contributed by atoms with Gasteiger partial charge in [-0.15, -0.1) is 0 Å². The third-order valence-corrected chi connectivity index (χ3v) is 2.29. The number of hydrogen-bond acceptors (Lipinski definition) is 3. The zero-order chi connectivity index (χ0) is 12.8. The predicted molar refractivity (Wildman–Crippen MR) is 64.9 cm³/mol. The molecule has 0 fully saturated rings. The summed E-state index contributed by atoms with van der Waals surface area (Å²) in [4.78, 5) is 24.8. The Labute approximate surface area is 99.9 Å². The van der Waals surface area contributed by atoms with Crippen molar-refractivity contribution in [2.45, 2.75) is 26.4 Å². The van der Waals surface area contributed by atoms with Crippen LogP contribution in [0.5, 0.6) is 0 Å². The van der Waals surface area contributed by atoms with Crippen LogP contribution in [0.1, 0.15) is 30.6 Å². The molecule has 1 rings (SSSR count). The lowest BCUT2D eigenvalue weighted by Crippen LogP contribution is -2.33. The van der Waals surface area contributed by atoms with E-state index in [2.05, 4.69) is 10.3 Å². The van der Waals surface area contributed by atoms with Crippen LogP contribution in [0.15, 0.2) is 23.1 Å². The fourth-order valence-corrected chi connectivity index (χ4v) is 1.49. The number of carbonyl (C=O) groups excluding carboxylic acids is 1. The molecule has 3 N–H and O–H groups in total. The molecule has 0 spiro atoms. The van der Waals surface area contributed by atoms with Gasteiger partial charge in [0.1, 0.15) is 0 Å². The molecular formula is C12H18N2O3. The monoisotopic (exact) mass is 238 g/mol. The second kappa shape index (κ2) is 6.20. The van der Waals surface area contributed by atoms with Crippen molar-refractivity contribution in [2.75, 3.05) is 6.54 Å². The number of carbonyl (C=O) groups is 1. The van der Waals surface area contributed by atoms with Crippen LogP contribution in [0.4, 0.5) is 0 Å². The van der Waals surface area contributed by atoms with Gasteiger partial charge in [-0.05, 0) is 18.4 Å². The number of pyridine rings is 1. The number of aliphatic hydroxyl groups excluding tert-OH is 1. The van der Waals surface area contributed by atoms with Gasteiger partial charge in [0.05, 0.1) is 11.7 Å². The van der Waals surface area contributed by atoms with Gasteiger partial charge in [-0.2, -0.15) is 0 Å². The first kappa shape index (κ1) is 13.4. The summed E-state index contributed by atoms with van der Waals surface area (Å²) in [6, 6.07) is 2.74. The van der Waals surface area contributed by atoms with Crippen LogP contribution in [0.3, 0.4) is 0 Å². The Morgan fingerprint density at radius 3 is 2.71 bits per heavy atom. The SMILES string of the molecule is CC(C)CC(O)CNC(=O)c1ccc(=O)[nH]c1. The van der Waals surface area contributed by atoms with Crippen molar-refractivity contribution >= 4 is 5.91 Å². The van der Waals surface area contributed by atoms with E-state index in [0.717, 1.165) is 0 Å². The highest BCUT2D eigenvalue weighted by molar-refractivity contribution is 5.93. The second-order valence-electron chi connectivity index (χ2n) is 4.43. The Bertz CT molecular complexity index is 406. The summed E-state index contributed by atoms with van der Waals surface area (Å²) >= 11 is 0. The Morgan fingerprint density at radius 2 is 2.18 bits per heavy atom.